The van der Waals surface area contributed by atoms with Gasteiger partial charge in [-0.05, 0) is 13.3 Å². The molecule has 0 saturated carbocycles. The molecule has 2 amide bonds. The van der Waals surface area contributed by atoms with Gasteiger partial charge in [0, 0.05) is 26.2 Å². The maximum absolute atomic E-state index is 12.6. The highest BCUT2D eigenvalue weighted by Crippen LogP contribution is 2.19. The number of hydrogen-bond donors (Lipinski definition) is 3. The van der Waals surface area contributed by atoms with Gasteiger partial charge in [-0.2, -0.15) is 5.10 Å². The maximum atomic E-state index is 12.6. The number of aryl methyl sites for hydroxylation is 1. The van der Waals surface area contributed by atoms with E-state index in [1.807, 2.05) is 11.8 Å². The predicted octanol–water partition coefficient (Wildman–Crippen LogP) is -1.19. The van der Waals surface area contributed by atoms with Gasteiger partial charge in [0.05, 0.1) is 31.6 Å². The molecule has 2 aliphatic heterocycles. The van der Waals surface area contributed by atoms with Gasteiger partial charge in [0.2, 0.25) is 11.8 Å². The number of nitrogens with zero attached hydrogens (tertiary/aromatic N) is 3. The van der Waals surface area contributed by atoms with Crippen LogP contribution in [0.25, 0.3) is 0 Å². The Morgan fingerprint density at radius 1 is 1.29 bits per heavy atom. The molecule has 0 aliphatic carbocycles. The molecule has 0 bridgehead atoms. The summed E-state index contributed by atoms with van der Waals surface area (Å²) in [6.45, 7) is 5.77. The van der Waals surface area contributed by atoms with Crippen molar-refractivity contribution in [3.05, 3.63) is 11.6 Å². The number of morpholine rings is 1. The van der Waals surface area contributed by atoms with E-state index in [4.69, 9.17) is 4.74 Å². The van der Waals surface area contributed by atoms with Crippen LogP contribution in [0.4, 0.5) is 0 Å². The van der Waals surface area contributed by atoms with Gasteiger partial charge >= 0.3 is 0 Å². The third kappa shape index (κ3) is 4.09. The first-order chi connectivity index (χ1) is 11.6. The Morgan fingerprint density at radius 2 is 2.04 bits per heavy atom. The zero-order valence-electron chi connectivity index (χ0n) is 13.9. The molecular weight excluding hydrogens is 312 g/mol. The lowest BCUT2D eigenvalue weighted by molar-refractivity contribution is -0.141. The van der Waals surface area contributed by atoms with E-state index in [1.165, 1.54) is 0 Å². The summed E-state index contributed by atoms with van der Waals surface area (Å²) >= 11 is 0. The van der Waals surface area contributed by atoms with Crippen LogP contribution in [0.1, 0.15) is 18.1 Å². The lowest BCUT2D eigenvalue weighted by Crippen LogP contribution is -2.51. The molecule has 2 fully saturated rings. The highest BCUT2D eigenvalue weighted by atomic mass is 16.5. The minimum atomic E-state index is -0.214. The highest BCUT2D eigenvalue weighted by Gasteiger charge is 2.33. The van der Waals surface area contributed by atoms with Crippen LogP contribution in [0.15, 0.2) is 0 Å². The summed E-state index contributed by atoms with van der Waals surface area (Å²) in [6.07, 6.45) is 0.571. The number of hydrogen-bond acceptors (Lipinski definition) is 6. The summed E-state index contributed by atoms with van der Waals surface area (Å²) in [5.41, 5.74) is 0. The molecule has 1 aromatic heterocycles. The predicted molar refractivity (Wildman–Crippen MR) is 84.8 cm³/mol. The van der Waals surface area contributed by atoms with Crippen LogP contribution in [0.5, 0.6) is 0 Å². The Balaban J connectivity index is 1.50. The summed E-state index contributed by atoms with van der Waals surface area (Å²) in [7, 11) is 0. The number of ether oxygens (including phenoxy) is 1. The SMILES string of the molecule is Cc1nc(CNC(=O)[C@@H]2CNC[C@H](C(=O)N3CCOCC3)C2)n[nH]1. The van der Waals surface area contributed by atoms with Gasteiger partial charge in [-0.15, -0.1) is 0 Å². The first kappa shape index (κ1) is 16.8. The van der Waals surface area contributed by atoms with Crippen LogP contribution < -0.4 is 10.6 Å². The van der Waals surface area contributed by atoms with Crippen LogP contribution in [-0.2, 0) is 20.9 Å². The van der Waals surface area contributed by atoms with E-state index in [0.29, 0.717) is 58.2 Å². The van der Waals surface area contributed by atoms with Crippen molar-refractivity contribution in [2.45, 2.75) is 19.9 Å². The van der Waals surface area contributed by atoms with E-state index in [9.17, 15) is 9.59 Å². The molecule has 1 aromatic rings. The summed E-state index contributed by atoms with van der Waals surface area (Å²) in [6, 6.07) is 0. The smallest absolute Gasteiger partial charge is 0.227 e. The van der Waals surface area contributed by atoms with Gasteiger partial charge in [-0.1, -0.05) is 0 Å². The van der Waals surface area contributed by atoms with Crippen molar-refractivity contribution in [2.75, 3.05) is 39.4 Å². The monoisotopic (exact) mass is 336 g/mol. The van der Waals surface area contributed by atoms with Gasteiger partial charge in [0.15, 0.2) is 5.82 Å². The van der Waals surface area contributed by atoms with Crippen molar-refractivity contribution in [1.82, 2.24) is 30.7 Å². The number of carbonyl (C=O) groups excluding carboxylic acids is 2. The summed E-state index contributed by atoms with van der Waals surface area (Å²) < 4.78 is 5.28. The molecule has 3 N–H and O–H groups in total. The standard InChI is InChI=1S/C15H24N6O3/c1-10-18-13(20-19-10)9-17-14(22)11-6-12(8-16-7-11)15(23)21-2-4-24-5-3-21/h11-12,16H,2-9H2,1H3,(H,17,22)(H,18,19,20)/t11-,12+/m0/s1. The second-order valence-corrected chi connectivity index (χ2v) is 6.28. The minimum Gasteiger partial charge on any atom is -0.378 e. The average molecular weight is 336 g/mol. The van der Waals surface area contributed by atoms with Gasteiger partial charge < -0.3 is 20.3 Å². The molecule has 24 heavy (non-hydrogen) atoms. The second kappa shape index (κ2) is 7.71. The first-order valence-electron chi connectivity index (χ1n) is 8.36. The summed E-state index contributed by atoms with van der Waals surface area (Å²) in [5.74, 6) is 0.963. The van der Waals surface area contributed by atoms with E-state index >= 15 is 0 Å². The Morgan fingerprint density at radius 3 is 2.75 bits per heavy atom. The van der Waals surface area contributed by atoms with Crippen LogP contribution in [0, 0.1) is 18.8 Å². The topological polar surface area (TPSA) is 112 Å². The summed E-state index contributed by atoms with van der Waals surface area (Å²) in [4.78, 5) is 30.9. The normalized spacial score (nSPS) is 24.6. The van der Waals surface area contributed by atoms with Gasteiger partial charge in [-0.3, -0.25) is 14.7 Å². The first-order valence-corrected chi connectivity index (χ1v) is 8.36. The lowest BCUT2D eigenvalue weighted by atomic mass is 9.88. The van der Waals surface area contributed by atoms with Crippen LogP contribution in [0.3, 0.4) is 0 Å². The largest absolute Gasteiger partial charge is 0.378 e. The number of H-pyrrole nitrogens is 1. The molecule has 0 radical (unpaired) electrons. The molecule has 2 saturated heterocycles. The molecule has 0 unspecified atom stereocenters. The Hall–Kier alpha value is -2.00. The molecule has 9 nitrogen and oxygen atoms in total. The van der Waals surface area contributed by atoms with Crippen molar-refractivity contribution in [1.29, 1.82) is 0 Å². The van der Waals surface area contributed by atoms with E-state index in [0.717, 1.165) is 5.82 Å². The van der Waals surface area contributed by atoms with Gasteiger partial charge in [0.25, 0.3) is 0 Å². The van der Waals surface area contributed by atoms with Crippen LogP contribution in [-0.4, -0.2) is 71.3 Å². The number of amides is 2. The molecule has 2 atom stereocenters. The Bertz CT molecular complexity index is 584. The zero-order valence-corrected chi connectivity index (χ0v) is 13.9. The number of carbonyl (C=O) groups is 2. The molecular formula is C15H24N6O3. The number of nitrogens with one attached hydrogen (secondary N) is 3. The fourth-order valence-corrected chi connectivity index (χ4v) is 3.15. The molecule has 0 spiro atoms. The van der Waals surface area contributed by atoms with Crippen molar-refractivity contribution in [3.63, 3.8) is 0 Å². The van der Waals surface area contributed by atoms with Crippen molar-refractivity contribution >= 4 is 11.8 Å². The third-order valence-corrected chi connectivity index (χ3v) is 4.46. The summed E-state index contributed by atoms with van der Waals surface area (Å²) in [5, 5.41) is 12.8. The molecule has 2 aliphatic rings. The molecule has 9 heteroatoms. The quantitative estimate of drug-likeness (QED) is 0.638. The van der Waals surface area contributed by atoms with Crippen LogP contribution in [0.2, 0.25) is 0 Å². The number of piperidine rings is 1. The van der Waals surface area contributed by atoms with Crippen molar-refractivity contribution in [2.24, 2.45) is 11.8 Å². The Kier molecular flexibility index (Phi) is 5.41. The van der Waals surface area contributed by atoms with Gasteiger partial charge in [-0.25, -0.2) is 4.98 Å². The van der Waals surface area contributed by atoms with E-state index < -0.39 is 0 Å². The molecule has 0 aromatic carbocycles. The third-order valence-electron chi connectivity index (χ3n) is 4.46. The zero-order chi connectivity index (χ0) is 16.9. The fraction of sp³-hybridized carbons (Fsp3) is 0.733. The van der Waals surface area contributed by atoms with Crippen LogP contribution >= 0.6 is 0 Å². The van der Waals surface area contributed by atoms with E-state index in [1.54, 1.807) is 0 Å². The number of rotatable bonds is 4. The van der Waals surface area contributed by atoms with E-state index in [-0.39, 0.29) is 23.7 Å². The van der Waals surface area contributed by atoms with Gasteiger partial charge in [0.1, 0.15) is 5.82 Å². The number of aromatic amines is 1. The average Bonchev–Trinajstić information content (AvgIpc) is 3.05. The fourth-order valence-electron chi connectivity index (χ4n) is 3.15. The lowest BCUT2D eigenvalue weighted by Gasteiger charge is -2.34. The Labute approximate surface area is 140 Å². The highest BCUT2D eigenvalue weighted by molar-refractivity contribution is 5.83. The number of aromatic nitrogens is 3. The van der Waals surface area contributed by atoms with Crippen molar-refractivity contribution in [3.8, 4) is 0 Å². The molecule has 3 rings (SSSR count). The van der Waals surface area contributed by atoms with E-state index in [2.05, 4.69) is 25.8 Å². The second-order valence-electron chi connectivity index (χ2n) is 6.28. The van der Waals surface area contributed by atoms with Crippen molar-refractivity contribution < 1.29 is 14.3 Å². The molecule has 132 valence electrons. The maximum Gasteiger partial charge on any atom is 0.227 e. The minimum absolute atomic E-state index is 0.0653. The molecule has 3 heterocycles.